The van der Waals surface area contributed by atoms with E-state index in [0.29, 0.717) is 23.6 Å². The predicted molar refractivity (Wildman–Crippen MR) is 98.6 cm³/mol. The fraction of sp³-hybridized carbons (Fsp3) is 0.167. The van der Waals surface area contributed by atoms with Gasteiger partial charge in [-0.25, -0.2) is 8.78 Å². The molecule has 0 unspecified atom stereocenters. The first-order valence-corrected chi connectivity index (χ1v) is 8.45. The Morgan fingerprint density at radius 1 is 1.24 bits per heavy atom. The second-order valence-corrected chi connectivity index (χ2v) is 6.51. The Balaban J connectivity index is 2.16. The highest BCUT2D eigenvalue weighted by molar-refractivity contribution is 9.10. The zero-order valence-electron chi connectivity index (χ0n) is 13.8. The van der Waals surface area contributed by atoms with E-state index in [1.54, 1.807) is 18.7 Å². The molecular formula is C18H17BrF2N4. The van der Waals surface area contributed by atoms with Gasteiger partial charge < -0.3 is 11.1 Å². The Morgan fingerprint density at radius 3 is 2.68 bits per heavy atom. The maximum absolute atomic E-state index is 14.3. The van der Waals surface area contributed by atoms with Crippen molar-refractivity contribution in [2.75, 3.05) is 5.32 Å². The molecule has 0 bridgehead atoms. The van der Waals surface area contributed by atoms with Gasteiger partial charge in [0.25, 0.3) is 0 Å². The summed E-state index contributed by atoms with van der Waals surface area (Å²) < 4.78 is 30.1. The number of aromatic nitrogens is 2. The highest BCUT2D eigenvalue weighted by atomic mass is 79.9. The van der Waals surface area contributed by atoms with E-state index in [-0.39, 0.29) is 5.56 Å². The summed E-state index contributed by atoms with van der Waals surface area (Å²) >= 11 is 3.51. The molecule has 3 rings (SSSR count). The van der Waals surface area contributed by atoms with Crippen molar-refractivity contribution in [3.05, 3.63) is 63.8 Å². The summed E-state index contributed by atoms with van der Waals surface area (Å²) in [5.41, 5.74) is 9.02. The summed E-state index contributed by atoms with van der Waals surface area (Å²) in [5.74, 6) is -0.650. The van der Waals surface area contributed by atoms with Crippen LogP contribution in [0.15, 0.2) is 40.9 Å². The molecule has 0 aliphatic rings. The van der Waals surface area contributed by atoms with E-state index in [1.165, 1.54) is 12.1 Å². The van der Waals surface area contributed by atoms with E-state index < -0.39 is 11.6 Å². The van der Waals surface area contributed by atoms with Crippen molar-refractivity contribution in [3.63, 3.8) is 0 Å². The first kappa shape index (κ1) is 17.6. The molecule has 130 valence electrons. The number of nitrogens with two attached hydrogens (primary N) is 1. The molecule has 0 atom stereocenters. The number of nitrogens with one attached hydrogen (secondary N) is 1. The standard InChI is InChI=1S/C18H17BrF2N4/c1-10-16(13-7-6-12(20)8-15(13)21)18(25(2)24-10)23-17-11(9-22)4-3-5-14(17)19/h3-8,23H,9,22H2,1-2H3. The van der Waals surface area contributed by atoms with Crippen LogP contribution in [0.3, 0.4) is 0 Å². The lowest BCUT2D eigenvalue weighted by atomic mass is 10.0. The maximum Gasteiger partial charge on any atom is 0.136 e. The molecule has 7 heteroatoms. The minimum absolute atomic E-state index is 0.288. The third-order valence-electron chi connectivity index (χ3n) is 3.99. The highest BCUT2D eigenvalue weighted by Crippen LogP contribution is 2.37. The van der Waals surface area contributed by atoms with Crippen molar-refractivity contribution < 1.29 is 8.78 Å². The van der Waals surface area contributed by atoms with E-state index in [1.807, 2.05) is 18.2 Å². The second kappa shape index (κ2) is 6.93. The molecule has 1 heterocycles. The zero-order valence-corrected chi connectivity index (χ0v) is 15.4. The molecule has 3 N–H and O–H groups in total. The van der Waals surface area contributed by atoms with Crippen LogP contribution in [0.2, 0.25) is 0 Å². The topological polar surface area (TPSA) is 55.9 Å². The summed E-state index contributed by atoms with van der Waals surface area (Å²) in [6.45, 7) is 2.13. The van der Waals surface area contributed by atoms with Crippen molar-refractivity contribution in [2.45, 2.75) is 13.5 Å². The van der Waals surface area contributed by atoms with Crippen LogP contribution in [0.25, 0.3) is 11.1 Å². The first-order valence-electron chi connectivity index (χ1n) is 7.66. The van der Waals surface area contributed by atoms with Gasteiger partial charge in [-0.05, 0) is 46.6 Å². The first-order chi connectivity index (χ1) is 11.9. The molecule has 0 aliphatic heterocycles. The van der Waals surface area contributed by atoms with Gasteiger partial charge in [0.2, 0.25) is 0 Å². The molecule has 3 aromatic rings. The predicted octanol–water partition coefficient (Wildman–Crippen LogP) is 4.64. The van der Waals surface area contributed by atoms with E-state index in [9.17, 15) is 8.78 Å². The van der Waals surface area contributed by atoms with Gasteiger partial charge in [-0.2, -0.15) is 5.10 Å². The Kier molecular flexibility index (Phi) is 4.87. The van der Waals surface area contributed by atoms with Gasteiger partial charge in [0.05, 0.1) is 16.9 Å². The molecule has 0 radical (unpaired) electrons. The number of halogens is 3. The second-order valence-electron chi connectivity index (χ2n) is 5.66. The maximum atomic E-state index is 14.3. The third kappa shape index (κ3) is 3.29. The lowest BCUT2D eigenvalue weighted by molar-refractivity contribution is 0.585. The van der Waals surface area contributed by atoms with Gasteiger partial charge in [-0.1, -0.05) is 12.1 Å². The van der Waals surface area contributed by atoms with Crippen LogP contribution in [0, 0.1) is 18.6 Å². The molecule has 0 fully saturated rings. The van der Waals surface area contributed by atoms with Crippen molar-refractivity contribution in [3.8, 4) is 11.1 Å². The smallest absolute Gasteiger partial charge is 0.136 e. The van der Waals surface area contributed by atoms with E-state index in [2.05, 4.69) is 26.3 Å². The van der Waals surface area contributed by atoms with Gasteiger partial charge in [0.15, 0.2) is 0 Å². The lowest BCUT2D eigenvalue weighted by Gasteiger charge is -2.15. The summed E-state index contributed by atoms with van der Waals surface area (Å²) in [7, 11) is 1.76. The number of hydrogen-bond donors (Lipinski definition) is 2. The molecule has 25 heavy (non-hydrogen) atoms. The van der Waals surface area contributed by atoms with Crippen LogP contribution >= 0.6 is 15.9 Å². The normalized spacial score (nSPS) is 11.0. The van der Waals surface area contributed by atoms with Crippen molar-refractivity contribution in [1.82, 2.24) is 9.78 Å². The summed E-state index contributed by atoms with van der Waals surface area (Å²) in [6.07, 6.45) is 0. The molecule has 1 aromatic heterocycles. The molecule has 0 saturated heterocycles. The molecule has 0 spiro atoms. The highest BCUT2D eigenvalue weighted by Gasteiger charge is 2.20. The van der Waals surface area contributed by atoms with Gasteiger partial charge in [0.1, 0.15) is 17.5 Å². The van der Waals surface area contributed by atoms with Gasteiger partial charge >= 0.3 is 0 Å². The number of nitrogens with zero attached hydrogens (tertiary/aromatic N) is 2. The molecule has 4 nitrogen and oxygen atoms in total. The molecule has 0 saturated carbocycles. The van der Waals surface area contributed by atoms with Crippen molar-refractivity contribution in [2.24, 2.45) is 12.8 Å². The Hall–Kier alpha value is -2.25. The Bertz CT molecular complexity index is 937. The molecule has 0 amide bonds. The number of aryl methyl sites for hydroxylation is 2. The average molecular weight is 407 g/mol. The van der Waals surface area contributed by atoms with Gasteiger partial charge in [-0.3, -0.25) is 4.68 Å². The minimum atomic E-state index is -0.634. The van der Waals surface area contributed by atoms with E-state index in [0.717, 1.165) is 21.8 Å². The van der Waals surface area contributed by atoms with Crippen molar-refractivity contribution in [1.29, 1.82) is 0 Å². The van der Waals surface area contributed by atoms with Crippen LogP contribution in [-0.4, -0.2) is 9.78 Å². The van der Waals surface area contributed by atoms with Crippen molar-refractivity contribution >= 4 is 27.4 Å². The number of para-hydroxylation sites is 1. The van der Waals surface area contributed by atoms with Crippen LogP contribution in [-0.2, 0) is 13.6 Å². The molecular weight excluding hydrogens is 390 g/mol. The fourth-order valence-corrected chi connectivity index (χ4v) is 3.32. The van der Waals surface area contributed by atoms with Gasteiger partial charge in [0, 0.05) is 29.7 Å². The fourth-order valence-electron chi connectivity index (χ4n) is 2.81. The molecule has 0 aliphatic carbocycles. The largest absolute Gasteiger partial charge is 0.339 e. The number of anilines is 2. The number of hydrogen-bond acceptors (Lipinski definition) is 3. The van der Waals surface area contributed by atoms with E-state index >= 15 is 0 Å². The SMILES string of the molecule is Cc1nn(C)c(Nc2c(Br)cccc2CN)c1-c1ccc(F)cc1F. The number of rotatable bonds is 4. The van der Waals surface area contributed by atoms with Gasteiger partial charge in [-0.15, -0.1) is 0 Å². The zero-order chi connectivity index (χ0) is 18.1. The Morgan fingerprint density at radius 2 is 2.00 bits per heavy atom. The Labute approximate surface area is 152 Å². The quantitative estimate of drug-likeness (QED) is 0.663. The average Bonchev–Trinajstić information content (AvgIpc) is 2.83. The van der Waals surface area contributed by atoms with Crippen LogP contribution in [0.5, 0.6) is 0 Å². The third-order valence-corrected chi connectivity index (χ3v) is 4.65. The summed E-state index contributed by atoms with van der Waals surface area (Å²) in [6, 6.07) is 9.22. The lowest BCUT2D eigenvalue weighted by Crippen LogP contribution is -2.06. The summed E-state index contributed by atoms with van der Waals surface area (Å²) in [5, 5.41) is 7.68. The summed E-state index contributed by atoms with van der Waals surface area (Å²) in [4.78, 5) is 0. The van der Waals surface area contributed by atoms with Crippen LogP contribution < -0.4 is 11.1 Å². The van der Waals surface area contributed by atoms with Crippen LogP contribution in [0.4, 0.5) is 20.3 Å². The number of benzene rings is 2. The monoisotopic (exact) mass is 406 g/mol. The molecule has 2 aromatic carbocycles. The minimum Gasteiger partial charge on any atom is -0.339 e. The van der Waals surface area contributed by atoms with E-state index in [4.69, 9.17) is 5.73 Å². The van der Waals surface area contributed by atoms with Crippen LogP contribution in [0.1, 0.15) is 11.3 Å².